The molecule has 3 aromatic rings. The first-order valence-corrected chi connectivity index (χ1v) is 5.64. The molecule has 4 heteroatoms. The number of benzene rings is 1. The molecule has 0 fully saturated rings. The van der Waals surface area contributed by atoms with Crippen LogP contribution in [0, 0.1) is 0 Å². The topological polar surface area (TPSA) is 56.7 Å². The molecule has 0 radical (unpaired) electrons. The van der Waals surface area contributed by atoms with Crippen LogP contribution in [0.3, 0.4) is 0 Å². The van der Waals surface area contributed by atoms with Gasteiger partial charge in [-0.25, -0.2) is 4.68 Å². The van der Waals surface area contributed by atoms with Crippen LogP contribution in [0.2, 0.25) is 0 Å². The van der Waals surface area contributed by atoms with Crippen molar-refractivity contribution in [1.29, 1.82) is 0 Å². The largest absolute Gasteiger partial charge is 0.398 e. The van der Waals surface area contributed by atoms with Gasteiger partial charge < -0.3 is 5.73 Å². The van der Waals surface area contributed by atoms with Crippen molar-refractivity contribution < 1.29 is 0 Å². The van der Waals surface area contributed by atoms with E-state index in [9.17, 15) is 0 Å². The first-order chi connectivity index (χ1) is 8.84. The van der Waals surface area contributed by atoms with E-state index in [1.807, 2.05) is 53.5 Å². The van der Waals surface area contributed by atoms with E-state index in [2.05, 4.69) is 10.1 Å². The van der Waals surface area contributed by atoms with Crippen molar-refractivity contribution in [3.63, 3.8) is 0 Å². The van der Waals surface area contributed by atoms with Gasteiger partial charge in [-0.2, -0.15) is 5.10 Å². The van der Waals surface area contributed by atoms with Gasteiger partial charge in [0.1, 0.15) is 0 Å². The van der Waals surface area contributed by atoms with E-state index >= 15 is 0 Å². The van der Waals surface area contributed by atoms with Gasteiger partial charge in [-0.05, 0) is 18.2 Å². The lowest BCUT2D eigenvalue weighted by Crippen LogP contribution is -1.93. The maximum absolute atomic E-state index is 5.95. The maximum atomic E-state index is 5.95. The van der Waals surface area contributed by atoms with Gasteiger partial charge in [0.25, 0.3) is 0 Å². The lowest BCUT2D eigenvalue weighted by molar-refractivity contribution is 0.878. The summed E-state index contributed by atoms with van der Waals surface area (Å²) in [7, 11) is 0. The number of anilines is 1. The second-order valence-corrected chi connectivity index (χ2v) is 3.97. The standard InChI is InChI=1S/C14H12N4/c15-14-4-2-1-3-13(14)11-9-17-18(10-11)12-5-7-16-8-6-12/h1-10H,15H2. The number of hydrogen-bond donors (Lipinski definition) is 1. The van der Waals surface area contributed by atoms with E-state index in [0.29, 0.717) is 0 Å². The molecule has 0 aliphatic rings. The van der Waals surface area contributed by atoms with E-state index < -0.39 is 0 Å². The Morgan fingerprint density at radius 3 is 2.56 bits per heavy atom. The fourth-order valence-electron chi connectivity index (χ4n) is 1.86. The normalized spacial score (nSPS) is 10.4. The second kappa shape index (κ2) is 4.33. The van der Waals surface area contributed by atoms with Crippen LogP contribution < -0.4 is 5.73 Å². The van der Waals surface area contributed by atoms with Crippen molar-refractivity contribution in [2.75, 3.05) is 5.73 Å². The minimum absolute atomic E-state index is 0.756. The van der Waals surface area contributed by atoms with Gasteiger partial charge in [-0.1, -0.05) is 18.2 Å². The van der Waals surface area contributed by atoms with Gasteiger partial charge in [0, 0.05) is 35.4 Å². The quantitative estimate of drug-likeness (QED) is 0.695. The first kappa shape index (κ1) is 10.5. The second-order valence-electron chi connectivity index (χ2n) is 3.97. The van der Waals surface area contributed by atoms with Crippen molar-refractivity contribution in [1.82, 2.24) is 14.8 Å². The SMILES string of the molecule is Nc1ccccc1-c1cnn(-c2ccncc2)c1. The van der Waals surface area contributed by atoms with Gasteiger partial charge in [0.2, 0.25) is 0 Å². The zero-order chi connectivity index (χ0) is 12.4. The van der Waals surface area contributed by atoms with E-state index in [0.717, 1.165) is 22.5 Å². The number of nitrogens with zero attached hydrogens (tertiary/aromatic N) is 3. The molecule has 3 rings (SSSR count). The van der Waals surface area contributed by atoms with Crippen molar-refractivity contribution in [3.05, 3.63) is 61.2 Å². The molecule has 2 aromatic heterocycles. The van der Waals surface area contributed by atoms with Crippen LogP contribution in [-0.4, -0.2) is 14.8 Å². The third-order valence-corrected chi connectivity index (χ3v) is 2.78. The highest BCUT2D eigenvalue weighted by Crippen LogP contribution is 2.25. The predicted octanol–water partition coefficient (Wildman–Crippen LogP) is 2.52. The Bertz CT molecular complexity index is 658. The molecule has 0 aliphatic heterocycles. The minimum Gasteiger partial charge on any atom is -0.398 e. The first-order valence-electron chi connectivity index (χ1n) is 5.64. The van der Waals surface area contributed by atoms with Gasteiger partial charge in [-0.3, -0.25) is 4.98 Å². The summed E-state index contributed by atoms with van der Waals surface area (Å²) in [6.45, 7) is 0. The summed E-state index contributed by atoms with van der Waals surface area (Å²) in [6.07, 6.45) is 7.26. The lowest BCUT2D eigenvalue weighted by Gasteiger charge is -2.01. The van der Waals surface area contributed by atoms with Crippen LogP contribution in [-0.2, 0) is 0 Å². The van der Waals surface area contributed by atoms with Gasteiger partial charge in [0.15, 0.2) is 0 Å². The summed E-state index contributed by atoms with van der Waals surface area (Å²) in [5, 5.41) is 4.34. The third kappa shape index (κ3) is 1.84. The van der Waals surface area contributed by atoms with Crippen LogP contribution >= 0.6 is 0 Å². The number of nitrogen functional groups attached to an aromatic ring is 1. The molecule has 0 saturated carbocycles. The van der Waals surface area contributed by atoms with E-state index in [-0.39, 0.29) is 0 Å². The Kier molecular flexibility index (Phi) is 2.53. The molecule has 1 aromatic carbocycles. The van der Waals surface area contributed by atoms with Gasteiger partial charge in [0.05, 0.1) is 11.9 Å². The number of pyridine rings is 1. The summed E-state index contributed by atoms with van der Waals surface area (Å²) in [6, 6.07) is 11.6. The molecule has 0 unspecified atom stereocenters. The fourth-order valence-corrected chi connectivity index (χ4v) is 1.86. The number of hydrogen-bond acceptors (Lipinski definition) is 3. The highest BCUT2D eigenvalue weighted by Gasteiger charge is 2.05. The molecule has 0 amide bonds. The lowest BCUT2D eigenvalue weighted by atomic mass is 10.1. The van der Waals surface area contributed by atoms with Crippen molar-refractivity contribution in [2.24, 2.45) is 0 Å². The smallest absolute Gasteiger partial charge is 0.0676 e. The molecule has 88 valence electrons. The van der Waals surface area contributed by atoms with E-state index in [1.54, 1.807) is 12.4 Å². The predicted molar refractivity (Wildman–Crippen MR) is 71.2 cm³/mol. The monoisotopic (exact) mass is 236 g/mol. The number of aromatic nitrogens is 3. The van der Waals surface area contributed by atoms with Crippen LogP contribution in [0.15, 0.2) is 61.2 Å². The minimum atomic E-state index is 0.756. The van der Waals surface area contributed by atoms with Crippen LogP contribution in [0.4, 0.5) is 5.69 Å². The highest BCUT2D eigenvalue weighted by atomic mass is 15.3. The summed E-state index contributed by atoms with van der Waals surface area (Å²) in [5.41, 5.74) is 9.69. The number of rotatable bonds is 2. The molecule has 0 saturated heterocycles. The van der Waals surface area contributed by atoms with Gasteiger partial charge >= 0.3 is 0 Å². The third-order valence-electron chi connectivity index (χ3n) is 2.78. The maximum Gasteiger partial charge on any atom is 0.0676 e. The summed E-state index contributed by atoms with van der Waals surface area (Å²) in [4.78, 5) is 3.99. The zero-order valence-corrected chi connectivity index (χ0v) is 9.69. The van der Waals surface area contributed by atoms with Crippen LogP contribution in [0.25, 0.3) is 16.8 Å². The summed E-state index contributed by atoms with van der Waals surface area (Å²) < 4.78 is 1.81. The fraction of sp³-hybridized carbons (Fsp3) is 0. The Morgan fingerprint density at radius 2 is 1.78 bits per heavy atom. The number of para-hydroxylation sites is 1. The van der Waals surface area contributed by atoms with Crippen molar-refractivity contribution in [3.8, 4) is 16.8 Å². The molecular weight excluding hydrogens is 224 g/mol. The molecule has 0 aliphatic carbocycles. The molecule has 0 bridgehead atoms. The van der Waals surface area contributed by atoms with Gasteiger partial charge in [-0.15, -0.1) is 0 Å². The van der Waals surface area contributed by atoms with Crippen LogP contribution in [0.5, 0.6) is 0 Å². The molecule has 0 atom stereocenters. The molecular formula is C14H12N4. The van der Waals surface area contributed by atoms with Crippen molar-refractivity contribution in [2.45, 2.75) is 0 Å². The molecule has 2 heterocycles. The van der Waals surface area contributed by atoms with E-state index in [1.165, 1.54) is 0 Å². The summed E-state index contributed by atoms with van der Waals surface area (Å²) >= 11 is 0. The highest BCUT2D eigenvalue weighted by molar-refractivity contribution is 5.75. The van der Waals surface area contributed by atoms with Crippen molar-refractivity contribution >= 4 is 5.69 Å². The Hall–Kier alpha value is -2.62. The Balaban J connectivity index is 2.03. The Labute approximate surface area is 105 Å². The zero-order valence-electron chi connectivity index (χ0n) is 9.69. The molecule has 2 N–H and O–H groups in total. The average Bonchev–Trinajstić information content (AvgIpc) is 2.90. The summed E-state index contributed by atoms with van der Waals surface area (Å²) in [5.74, 6) is 0. The average molecular weight is 236 g/mol. The van der Waals surface area contributed by atoms with Crippen LogP contribution in [0.1, 0.15) is 0 Å². The number of nitrogens with two attached hydrogens (primary N) is 1. The molecule has 4 nitrogen and oxygen atoms in total. The Morgan fingerprint density at radius 1 is 1.00 bits per heavy atom. The van der Waals surface area contributed by atoms with E-state index in [4.69, 9.17) is 5.73 Å². The molecule has 18 heavy (non-hydrogen) atoms. The molecule has 0 spiro atoms.